The summed E-state index contributed by atoms with van der Waals surface area (Å²) in [6.07, 6.45) is 8.76. The molecule has 14 nitrogen and oxygen atoms in total. The summed E-state index contributed by atoms with van der Waals surface area (Å²) in [6.45, 7) is 9.24. The molecule has 0 bridgehead atoms. The molecular weight excluding hydrogens is 741 g/mol. The van der Waals surface area contributed by atoms with Crippen LogP contribution in [0.1, 0.15) is 98.8 Å². The molecule has 8 atom stereocenters. The van der Waals surface area contributed by atoms with Crippen molar-refractivity contribution in [1.29, 1.82) is 0 Å². The summed E-state index contributed by atoms with van der Waals surface area (Å²) in [5, 5.41) is 12.3. The predicted octanol–water partition coefficient (Wildman–Crippen LogP) is 5.29. The number of allylic oxidation sites excluding steroid dienone is 4. The van der Waals surface area contributed by atoms with Gasteiger partial charge in [-0.15, -0.1) is 0 Å². The molecule has 54 heavy (non-hydrogen) atoms. The van der Waals surface area contributed by atoms with Crippen LogP contribution in [0.25, 0.3) is 0 Å². The Labute approximate surface area is 320 Å². The smallest absolute Gasteiger partial charge is 0.356 e. The second-order valence-corrected chi connectivity index (χ2v) is 19.5. The fraction of sp³-hybridized carbons (Fsp3) is 0.789. The maximum Gasteiger partial charge on any atom is 0.356 e. The van der Waals surface area contributed by atoms with Gasteiger partial charge >= 0.3 is 13.6 Å². The van der Waals surface area contributed by atoms with E-state index in [0.29, 0.717) is 32.1 Å². The minimum absolute atomic E-state index is 0.000853. The van der Waals surface area contributed by atoms with E-state index < -0.39 is 64.4 Å². The Kier molecular flexibility index (Phi) is 14.7. The van der Waals surface area contributed by atoms with Gasteiger partial charge in [0.2, 0.25) is 11.7 Å². The molecule has 0 heterocycles. The molecule has 0 aromatic heterocycles. The van der Waals surface area contributed by atoms with Gasteiger partial charge in [0.05, 0.1) is 25.1 Å². The largest absolute Gasteiger partial charge is 0.458 e. The number of unbranched alkanes of at least 4 members (excludes halogenated alkanes) is 3. The maximum atomic E-state index is 13.9. The first kappa shape index (κ1) is 44.5. The summed E-state index contributed by atoms with van der Waals surface area (Å²) in [4.78, 5) is 52.6. The van der Waals surface area contributed by atoms with Gasteiger partial charge in [-0.3, -0.25) is 28.3 Å². The zero-order valence-corrected chi connectivity index (χ0v) is 34.3. The van der Waals surface area contributed by atoms with Crippen LogP contribution in [0.15, 0.2) is 23.8 Å². The van der Waals surface area contributed by atoms with Crippen LogP contribution in [0, 0.1) is 34.5 Å². The Balaban J connectivity index is 1.40. The number of nitrogens with zero attached hydrogens (tertiary/aromatic N) is 1. The minimum Gasteiger partial charge on any atom is -0.458 e. The van der Waals surface area contributed by atoms with Gasteiger partial charge in [-0.25, -0.2) is 0 Å². The summed E-state index contributed by atoms with van der Waals surface area (Å²) in [5.74, 6) is -2.11. The first-order valence-corrected chi connectivity index (χ1v) is 22.6. The van der Waals surface area contributed by atoms with Crippen molar-refractivity contribution in [3.8, 4) is 0 Å². The van der Waals surface area contributed by atoms with Crippen molar-refractivity contribution in [3.05, 3.63) is 23.8 Å². The number of hydrogen-bond acceptors (Lipinski definition) is 12. The van der Waals surface area contributed by atoms with Crippen molar-refractivity contribution in [1.82, 2.24) is 4.90 Å². The van der Waals surface area contributed by atoms with Crippen molar-refractivity contribution in [2.45, 2.75) is 111 Å². The Hall–Kier alpha value is -2.26. The summed E-state index contributed by atoms with van der Waals surface area (Å²) < 4.78 is 67.3. The monoisotopic (exact) mass is 801 g/mol. The predicted molar refractivity (Wildman–Crippen MR) is 200 cm³/mol. The fourth-order valence-electron chi connectivity index (χ4n) is 9.83. The van der Waals surface area contributed by atoms with Crippen LogP contribution >= 0.6 is 7.60 Å². The number of hydrogen-bond donors (Lipinski definition) is 2. The van der Waals surface area contributed by atoms with Gasteiger partial charge in [0.15, 0.2) is 12.4 Å². The third-order valence-electron chi connectivity index (χ3n) is 12.5. The van der Waals surface area contributed by atoms with Crippen LogP contribution in [0.3, 0.4) is 0 Å². The van der Waals surface area contributed by atoms with E-state index in [-0.39, 0.29) is 87.2 Å². The van der Waals surface area contributed by atoms with Crippen LogP contribution in [0.2, 0.25) is 0 Å². The number of aliphatic hydroxyl groups is 1. The molecule has 0 aliphatic heterocycles. The number of esters is 1. The highest BCUT2D eigenvalue weighted by molar-refractivity contribution is 7.85. The molecule has 0 radical (unpaired) electrons. The molecule has 306 valence electrons. The number of ketones is 2. The van der Waals surface area contributed by atoms with Crippen LogP contribution in [0.4, 0.5) is 0 Å². The van der Waals surface area contributed by atoms with E-state index in [4.69, 9.17) is 23.1 Å². The quantitative estimate of drug-likeness (QED) is 0.0697. The third kappa shape index (κ3) is 9.81. The molecule has 0 aromatic rings. The molecule has 3 saturated carbocycles. The van der Waals surface area contributed by atoms with E-state index in [9.17, 15) is 37.3 Å². The van der Waals surface area contributed by atoms with Gasteiger partial charge in [0.25, 0.3) is 10.1 Å². The average molecular weight is 802 g/mol. The van der Waals surface area contributed by atoms with Gasteiger partial charge in [-0.2, -0.15) is 8.42 Å². The molecule has 0 saturated heterocycles. The average Bonchev–Trinajstić information content (AvgIpc) is 3.37. The molecular formula is C38H60NO13PS. The van der Waals surface area contributed by atoms with Gasteiger partial charge in [0, 0.05) is 43.2 Å². The number of ether oxygens (including phenoxy) is 2. The number of amides is 1. The molecule has 2 N–H and O–H groups in total. The number of rotatable bonds is 20. The normalized spacial score (nSPS) is 32.0. The molecule has 4 rings (SSSR count). The van der Waals surface area contributed by atoms with Crippen molar-refractivity contribution in [3.63, 3.8) is 0 Å². The highest BCUT2D eigenvalue weighted by atomic mass is 32.2. The van der Waals surface area contributed by atoms with Gasteiger partial charge in [-0.1, -0.05) is 45.3 Å². The lowest BCUT2D eigenvalue weighted by Gasteiger charge is -2.61. The molecule has 0 unspecified atom stereocenters. The van der Waals surface area contributed by atoms with Crippen molar-refractivity contribution < 1.29 is 60.3 Å². The molecule has 4 aliphatic carbocycles. The standard InChI is InChI=1S/C38H60NO13PS/c1-7-51-53(45,52-8-2)25-50-31-23-37(5)29(28-21-26(3)30-22-27(40)15-17-36(30,4)35(28)31)16-18-38(37,44)32(41)24-49-34(43)14-12-10-9-11-13-33(42)39(6)19-20-54(46,47)48/h15,17,22,26,28-29,31,35,44H,7-14,16,18-21,23-25H2,1-6H3,(H,46,47,48)/t26-,28-,29-,31-,35+,36-,37-,38-/m0/s1. The summed E-state index contributed by atoms with van der Waals surface area (Å²) in [6, 6.07) is 0. The molecule has 3 fully saturated rings. The fourth-order valence-corrected chi connectivity index (χ4v) is 11.7. The van der Waals surface area contributed by atoms with E-state index in [1.54, 1.807) is 26.0 Å². The summed E-state index contributed by atoms with van der Waals surface area (Å²) in [7, 11) is -6.29. The maximum absolute atomic E-state index is 13.9. The van der Waals surface area contributed by atoms with E-state index in [2.05, 4.69) is 13.8 Å². The van der Waals surface area contributed by atoms with Gasteiger partial charge in [0.1, 0.15) is 11.9 Å². The van der Waals surface area contributed by atoms with Crippen LogP contribution in [0.5, 0.6) is 0 Å². The molecule has 0 aromatic carbocycles. The van der Waals surface area contributed by atoms with Crippen molar-refractivity contribution in [2.75, 3.05) is 45.5 Å². The van der Waals surface area contributed by atoms with E-state index in [1.165, 1.54) is 11.9 Å². The van der Waals surface area contributed by atoms with E-state index >= 15 is 0 Å². The zero-order chi connectivity index (χ0) is 40.1. The van der Waals surface area contributed by atoms with Crippen LogP contribution in [-0.2, 0) is 52.4 Å². The first-order valence-electron chi connectivity index (χ1n) is 19.3. The number of carbonyl (C=O) groups excluding carboxylic acids is 4. The third-order valence-corrected chi connectivity index (χ3v) is 15.0. The van der Waals surface area contributed by atoms with Gasteiger partial charge < -0.3 is 28.5 Å². The molecule has 1 amide bonds. The zero-order valence-electron chi connectivity index (χ0n) is 32.6. The van der Waals surface area contributed by atoms with Crippen LogP contribution in [-0.4, -0.2) is 104 Å². The van der Waals surface area contributed by atoms with E-state index in [1.807, 2.05) is 13.0 Å². The Bertz CT molecular complexity index is 1620. The second-order valence-electron chi connectivity index (χ2n) is 16.0. The Morgan fingerprint density at radius 2 is 1.70 bits per heavy atom. The lowest BCUT2D eigenvalue weighted by Crippen LogP contribution is -2.63. The Morgan fingerprint density at radius 3 is 2.33 bits per heavy atom. The highest BCUT2D eigenvalue weighted by Gasteiger charge is 2.69. The van der Waals surface area contributed by atoms with Crippen LogP contribution < -0.4 is 0 Å². The number of Topliss-reactive ketones (excluding diaryl/α,β-unsaturated/α-hetero) is 1. The SMILES string of the molecule is CCOP(=O)(CO[C@H]1C[C@@]2(C)[C@@H](CC[C@]2(O)C(=O)COC(=O)CCCCCCC(=O)N(C)CCS(=O)(=O)O)[C@@H]2C[C@H](C)C3=CC(=O)C=C[C@]3(C)[C@H]21)OCC. The topological polar surface area (TPSA) is 200 Å². The van der Waals surface area contributed by atoms with Crippen molar-refractivity contribution in [2.24, 2.45) is 34.5 Å². The molecule has 16 heteroatoms. The first-order chi connectivity index (χ1) is 25.2. The highest BCUT2D eigenvalue weighted by Crippen LogP contribution is 2.68. The number of carbonyl (C=O) groups is 4. The lowest BCUT2D eigenvalue weighted by molar-refractivity contribution is -0.188. The minimum atomic E-state index is -4.15. The van der Waals surface area contributed by atoms with E-state index in [0.717, 1.165) is 12.0 Å². The summed E-state index contributed by atoms with van der Waals surface area (Å²) >= 11 is 0. The molecule has 4 aliphatic rings. The van der Waals surface area contributed by atoms with Crippen molar-refractivity contribution >= 4 is 41.2 Å². The molecule has 0 spiro atoms. The summed E-state index contributed by atoms with van der Waals surface area (Å²) in [5.41, 5.74) is -2.26. The van der Waals surface area contributed by atoms with Gasteiger partial charge in [-0.05, 0) is 82.3 Å². The number of fused-ring (bicyclic) bond motifs is 5. The Morgan fingerprint density at radius 1 is 1.06 bits per heavy atom. The second kappa shape index (κ2) is 17.9. The lowest BCUT2D eigenvalue weighted by atomic mass is 9.44.